The molecule has 2 N–H and O–H groups in total. The minimum absolute atomic E-state index is 0.0123. The molecule has 1 saturated heterocycles. The summed E-state index contributed by atoms with van der Waals surface area (Å²) in [7, 11) is 0. The predicted octanol–water partition coefficient (Wildman–Crippen LogP) is 0.392. The van der Waals surface area contributed by atoms with Crippen molar-refractivity contribution in [1.82, 2.24) is 10.2 Å². The van der Waals surface area contributed by atoms with Gasteiger partial charge in [0.1, 0.15) is 12.0 Å². The van der Waals surface area contributed by atoms with Crippen LogP contribution in [-0.4, -0.2) is 34.9 Å². The minimum atomic E-state index is -0.188. The summed E-state index contributed by atoms with van der Waals surface area (Å²) in [6, 6.07) is 0. The van der Waals surface area contributed by atoms with Gasteiger partial charge in [-0.15, -0.1) is 0 Å². The van der Waals surface area contributed by atoms with Crippen molar-refractivity contribution in [2.24, 2.45) is 11.8 Å². The molecule has 4 unspecified atom stereocenters. The Hall–Kier alpha value is -1.33. The van der Waals surface area contributed by atoms with Crippen LogP contribution in [0, 0.1) is 11.8 Å². The fourth-order valence-corrected chi connectivity index (χ4v) is 2.28. The van der Waals surface area contributed by atoms with E-state index in [1.807, 2.05) is 0 Å². The molecule has 5 nitrogen and oxygen atoms in total. The van der Waals surface area contributed by atoms with Crippen molar-refractivity contribution in [3.63, 3.8) is 0 Å². The number of nitrogens with one attached hydrogen (secondary N) is 1. The Morgan fingerprint density at radius 2 is 2.24 bits per heavy atom. The second-order valence-electron chi connectivity index (χ2n) is 4.62. The zero-order valence-electron chi connectivity index (χ0n) is 10.1. The quantitative estimate of drug-likeness (QED) is 0.730. The summed E-state index contributed by atoms with van der Waals surface area (Å²) in [6.07, 6.45) is 2.77. The largest absolute Gasteiger partial charge is 0.394 e. The molecule has 2 aliphatic heterocycles. The van der Waals surface area contributed by atoms with Crippen LogP contribution in [0.3, 0.4) is 0 Å². The van der Waals surface area contributed by atoms with Crippen LogP contribution in [0.1, 0.15) is 13.8 Å². The van der Waals surface area contributed by atoms with Gasteiger partial charge in [0, 0.05) is 18.2 Å². The number of aliphatic hydroxyl groups is 1. The molecule has 1 fully saturated rings. The molecule has 0 saturated carbocycles. The molecule has 0 radical (unpaired) electrons. The summed E-state index contributed by atoms with van der Waals surface area (Å²) in [6.45, 7) is 7.94. The first-order chi connectivity index (χ1) is 8.04. The molecule has 0 aliphatic carbocycles. The van der Waals surface area contributed by atoms with Crippen LogP contribution in [0.15, 0.2) is 24.7 Å². The van der Waals surface area contributed by atoms with E-state index in [-0.39, 0.29) is 36.7 Å². The second kappa shape index (κ2) is 4.50. The number of hydrogen-bond donors (Lipinski definition) is 2. The first kappa shape index (κ1) is 12.1. The third-order valence-electron chi connectivity index (χ3n) is 3.60. The minimum Gasteiger partial charge on any atom is -0.394 e. The van der Waals surface area contributed by atoms with Crippen LogP contribution in [0.4, 0.5) is 0 Å². The van der Waals surface area contributed by atoms with E-state index in [4.69, 9.17) is 4.74 Å². The zero-order chi connectivity index (χ0) is 12.6. The molecular weight excluding hydrogens is 220 g/mol. The molecule has 2 heterocycles. The standard InChI is InChI=1S/C12H18N2O3/c1-7-8(2)12(17-10(7)6-15)14-5-4-11(16)13-9(14)3/h4-5,7-8,10,12,15H,3,6H2,1-2H3,(H,13,16). The molecule has 1 amide bonds. The molecule has 17 heavy (non-hydrogen) atoms. The van der Waals surface area contributed by atoms with Gasteiger partial charge in [-0.3, -0.25) is 4.79 Å². The third kappa shape index (κ3) is 2.08. The zero-order valence-corrected chi connectivity index (χ0v) is 10.1. The Morgan fingerprint density at radius 1 is 1.53 bits per heavy atom. The van der Waals surface area contributed by atoms with Gasteiger partial charge >= 0.3 is 0 Å². The van der Waals surface area contributed by atoms with Crippen molar-refractivity contribution < 1.29 is 14.6 Å². The van der Waals surface area contributed by atoms with Crippen molar-refractivity contribution in [1.29, 1.82) is 0 Å². The SMILES string of the molecule is C=C1NC(=O)C=CN1C1OC(CO)C(C)C1C. The van der Waals surface area contributed by atoms with Gasteiger partial charge in [0.15, 0.2) is 0 Å². The maximum Gasteiger partial charge on any atom is 0.250 e. The summed E-state index contributed by atoms with van der Waals surface area (Å²) in [4.78, 5) is 12.9. The molecule has 0 bridgehead atoms. The van der Waals surface area contributed by atoms with Gasteiger partial charge < -0.3 is 20.1 Å². The van der Waals surface area contributed by atoms with Gasteiger partial charge in [0.25, 0.3) is 5.91 Å². The molecule has 0 aromatic carbocycles. The average Bonchev–Trinajstić information content (AvgIpc) is 2.57. The highest BCUT2D eigenvalue weighted by Crippen LogP contribution is 2.35. The van der Waals surface area contributed by atoms with Gasteiger partial charge in [-0.25, -0.2) is 0 Å². The van der Waals surface area contributed by atoms with Crippen molar-refractivity contribution >= 4 is 5.91 Å². The van der Waals surface area contributed by atoms with Gasteiger partial charge in [0.2, 0.25) is 0 Å². The number of nitrogens with zero attached hydrogens (tertiary/aromatic N) is 1. The normalized spacial score (nSPS) is 37.5. The summed E-state index contributed by atoms with van der Waals surface area (Å²) >= 11 is 0. The average molecular weight is 238 g/mol. The van der Waals surface area contributed by atoms with Gasteiger partial charge in [-0.2, -0.15) is 0 Å². The van der Waals surface area contributed by atoms with Gasteiger partial charge in [-0.1, -0.05) is 20.4 Å². The van der Waals surface area contributed by atoms with E-state index in [1.54, 1.807) is 11.1 Å². The van der Waals surface area contributed by atoms with E-state index in [2.05, 4.69) is 25.7 Å². The number of carbonyl (C=O) groups is 1. The number of carbonyl (C=O) groups excluding carboxylic acids is 1. The highest BCUT2D eigenvalue weighted by molar-refractivity contribution is 5.89. The summed E-state index contributed by atoms with van der Waals surface area (Å²) in [5.41, 5.74) is 0. The molecular formula is C12H18N2O3. The van der Waals surface area contributed by atoms with Crippen molar-refractivity contribution in [2.45, 2.75) is 26.2 Å². The number of hydrogen-bond acceptors (Lipinski definition) is 4. The maximum absolute atomic E-state index is 11.1. The van der Waals surface area contributed by atoms with Crippen LogP contribution >= 0.6 is 0 Å². The molecule has 0 aromatic heterocycles. The Kier molecular flexibility index (Phi) is 3.22. The fraction of sp³-hybridized carbons (Fsp3) is 0.583. The molecule has 94 valence electrons. The lowest BCUT2D eigenvalue weighted by Crippen LogP contribution is -2.43. The van der Waals surface area contributed by atoms with E-state index < -0.39 is 0 Å². The first-order valence-corrected chi connectivity index (χ1v) is 5.77. The Labute approximate surface area is 101 Å². The van der Waals surface area contributed by atoms with Gasteiger partial charge in [0.05, 0.1) is 12.7 Å². The maximum atomic E-state index is 11.1. The Bertz CT molecular complexity index is 367. The van der Waals surface area contributed by atoms with Crippen LogP contribution in [-0.2, 0) is 9.53 Å². The van der Waals surface area contributed by atoms with E-state index in [9.17, 15) is 9.90 Å². The lowest BCUT2D eigenvalue weighted by atomic mass is 9.92. The molecule has 2 rings (SSSR count). The van der Waals surface area contributed by atoms with E-state index in [0.717, 1.165) is 0 Å². The van der Waals surface area contributed by atoms with Crippen LogP contribution in [0.2, 0.25) is 0 Å². The monoisotopic (exact) mass is 238 g/mol. The third-order valence-corrected chi connectivity index (χ3v) is 3.60. The Morgan fingerprint density at radius 3 is 2.76 bits per heavy atom. The smallest absolute Gasteiger partial charge is 0.250 e. The lowest BCUT2D eigenvalue weighted by Gasteiger charge is -2.33. The summed E-state index contributed by atoms with van der Waals surface area (Å²) in [5, 5.41) is 11.9. The van der Waals surface area contributed by atoms with E-state index >= 15 is 0 Å². The molecule has 4 atom stereocenters. The molecule has 0 spiro atoms. The predicted molar refractivity (Wildman–Crippen MR) is 62.3 cm³/mol. The second-order valence-corrected chi connectivity index (χ2v) is 4.62. The molecule has 2 aliphatic rings. The number of aliphatic hydroxyl groups excluding tert-OH is 1. The van der Waals surface area contributed by atoms with E-state index in [0.29, 0.717) is 5.82 Å². The Balaban J connectivity index is 2.16. The topological polar surface area (TPSA) is 61.8 Å². The number of rotatable bonds is 2. The first-order valence-electron chi connectivity index (χ1n) is 5.77. The number of ether oxygens (including phenoxy) is 1. The molecule has 0 aromatic rings. The fourth-order valence-electron chi connectivity index (χ4n) is 2.28. The van der Waals surface area contributed by atoms with Gasteiger partial charge in [-0.05, 0) is 5.92 Å². The summed E-state index contributed by atoms with van der Waals surface area (Å²) in [5.74, 6) is 0.858. The van der Waals surface area contributed by atoms with Crippen molar-refractivity contribution in [3.8, 4) is 0 Å². The highest BCUT2D eigenvalue weighted by Gasteiger charge is 2.42. The van der Waals surface area contributed by atoms with Crippen LogP contribution in [0.5, 0.6) is 0 Å². The lowest BCUT2D eigenvalue weighted by molar-refractivity contribution is -0.117. The van der Waals surface area contributed by atoms with E-state index in [1.165, 1.54) is 6.08 Å². The summed E-state index contributed by atoms with van der Waals surface area (Å²) < 4.78 is 5.79. The van der Waals surface area contributed by atoms with Crippen LogP contribution < -0.4 is 5.32 Å². The highest BCUT2D eigenvalue weighted by atomic mass is 16.5. The van der Waals surface area contributed by atoms with Crippen molar-refractivity contribution in [3.05, 3.63) is 24.7 Å². The van der Waals surface area contributed by atoms with Crippen LogP contribution in [0.25, 0.3) is 0 Å². The molecule has 5 heteroatoms. The number of amides is 1. The van der Waals surface area contributed by atoms with Crippen molar-refractivity contribution in [2.75, 3.05) is 6.61 Å².